The molecule has 1 aromatic carbocycles. The number of halogens is 3. The van der Waals surface area contributed by atoms with Gasteiger partial charge in [-0.15, -0.1) is 0 Å². The number of rotatable bonds is 5. The summed E-state index contributed by atoms with van der Waals surface area (Å²) in [5, 5.41) is 4.22. The third-order valence-corrected chi connectivity index (χ3v) is 6.26. The Bertz CT molecular complexity index is 1140. The van der Waals surface area contributed by atoms with Crippen LogP contribution in [0.1, 0.15) is 36.7 Å². The zero-order valence-corrected chi connectivity index (χ0v) is 19.1. The number of anilines is 3. The van der Waals surface area contributed by atoms with E-state index in [1.807, 2.05) is 20.0 Å². The van der Waals surface area contributed by atoms with E-state index in [9.17, 15) is 13.2 Å². The number of aromatic nitrogens is 2. The monoisotopic (exact) mass is 458 g/mol. The van der Waals surface area contributed by atoms with Crippen molar-refractivity contribution in [2.75, 3.05) is 48.7 Å². The van der Waals surface area contributed by atoms with Gasteiger partial charge in [-0.1, -0.05) is 6.92 Å². The van der Waals surface area contributed by atoms with Crippen molar-refractivity contribution in [3.8, 4) is 0 Å². The van der Waals surface area contributed by atoms with Gasteiger partial charge in [-0.25, -0.2) is 0 Å². The van der Waals surface area contributed by atoms with Crippen molar-refractivity contribution in [1.29, 1.82) is 0 Å². The van der Waals surface area contributed by atoms with Gasteiger partial charge in [0.15, 0.2) is 0 Å². The SMILES string of the molecule is CCN1CCN(c2cnc3c(C)ncc(NC(C)c4cc(N)cc(C(F)(F)F)c4)c3c2)CC1. The second-order valence-corrected chi connectivity index (χ2v) is 8.52. The van der Waals surface area contributed by atoms with Crippen LogP contribution in [0.15, 0.2) is 36.7 Å². The van der Waals surface area contributed by atoms with E-state index in [0.29, 0.717) is 5.56 Å². The van der Waals surface area contributed by atoms with E-state index in [1.165, 1.54) is 0 Å². The standard InChI is InChI=1S/C24H29F3N6/c1-4-32-5-7-33(8-6-32)20-12-21-22(14-29-16(3)23(21)30-13-20)31-15(2)17-9-18(24(25,26)27)11-19(28)10-17/h9-15,31H,4-8,28H2,1-3H3. The summed E-state index contributed by atoms with van der Waals surface area (Å²) < 4.78 is 39.8. The number of pyridine rings is 2. The molecule has 4 rings (SSSR count). The number of nitrogens with two attached hydrogens (primary N) is 1. The van der Waals surface area contributed by atoms with E-state index in [2.05, 4.69) is 38.1 Å². The number of nitrogens with zero attached hydrogens (tertiary/aromatic N) is 4. The van der Waals surface area contributed by atoms with Gasteiger partial charge < -0.3 is 20.9 Å². The molecule has 0 spiro atoms. The van der Waals surface area contributed by atoms with Gasteiger partial charge in [-0.05, 0) is 50.2 Å². The summed E-state index contributed by atoms with van der Waals surface area (Å²) >= 11 is 0. The maximum absolute atomic E-state index is 13.3. The first-order valence-corrected chi connectivity index (χ1v) is 11.1. The number of nitrogen functional groups attached to an aromatic ring is 1. The summed E-state index contributed by atoms with van der Waals surface area (Å²) in [5.74, 6) is 0. The molecule has 1 saturated heterocycles. The Kier molecular flexibility index (Phi) is 6.34. The first-order chi connectivity index (χ1) is 15.7. The maximum Gasteiger partial charge on any atom is 0.416 e. The predicted molar refractivity (Wildman–Crippen MR) is 126 cm³/mol. The molecule has 0 amide bonds. The Balaban J connectivity index is 1.65. The third kappa shape index (κ3) is 4.98. The molecule has 6 nitrogen and oxygen atoms in total. The molecule has 2 aromatic heterocycles. The van der Waals surface area contributed by atoms with Gasteiger partial charge in [0, 0.05) is 43.3 Å². The summed E-state index contributed by atoms with van der Waals surface area (Å²) in [5.41, 5.74) is 8.86. The van der Waals surface area contributed by atoms with Crippen LogP contribution in [0.5, 0.6) is 0 Å². The number of alkyl halides is 3. The lowest BCUT2D eigenvalue weighted by Gasteiger charge is -2.35. The summed E-state index contributed by atoms with van der Waals surface area (Å²) in [6.45, 7) is 10.8. The average Bonchev–Trinajstić information content (AvgIpc) is 2.79. The van der Waals surface area contributed by atoms with E-state index >= 15 is 0 Å². The Morgan fingerprint density at radius 3 is 2.45 bits per heavy atom. The van der Waals surface area contributed by atoms with Crippen LogP contribution in [0, 0.1) is 6.92 Å². The minimum atomic E-state index is -4.46. The van der Waals surface area contributed by atoms with E-state index in [0.717, 1.165) is 72.8 Å². The zero-order chi connectivity index (χ0) is 23.8. The molecule has 9 heteroatoms. The number of aryl methyl sites for hydroxylation is 1. The summed E-state index contributed by atoms with van der Waals surface area (Å²) in [6.07, 6.45) is -0.868. The first kappa shape index (κ1) is 23.1. The molecule has 0 saturated carbocycles. The van der Waals surface area contributed by atoms with Crippen LogP contribution in [0.25, 0.3) is 10.9 Å². The van der Waals surface area contributed by atoms with Crippen LogP contribution in [0.2, 0.25) is 0 Å². The Morgan fingerprint density at radius 2 is 1.79 bits per heavy atom. The zero-order valence-electron chi connectivity index (χ0n) is 19.1. The first-order valence-electron chi connectivity index (χ1n) is 11.1. The van der Waals surface area contributed by atoms with Gasteiger partial charge in [0.25, 0.3) is 0 Å². The van der Waals surface area contributed by atoms with Crippen molar-refractivity contribution < 1.29 is 13.2 Å². The number of likely N-dealkylation sites (N-methyl/N-ethyl adjacent to an activating group) is 1. The van der Waals surface area contributed by atoms with Gasteiger partial charge in [-0.3, -0.25) is 9.97 Å². The fourth-order valence-electron chi connectivity index (χ4n) is 4.26. The van der Waals surface area contributed by atoms with Crippen LogP contribution >= 0.6 is 0 Å². The smallest absolute Gasteiger partial charge is 0.399 e. The van der Waals surface area contributed by atoms with Crippen molar-refractivity contribution in [2.24, 2.45) is 0 Å². The van der Waals surface area contributed by atoms with Crippen molar-refractivity contribution in [3.05, 3.63) is 53.5 Å². The normalized spacial score (nSPS) is 16.2. The van der Waals surface area contributed by atoms with Crippen molar-refractivity contribution in [1.82, 2.24) is 14.9 Å². The van der Waals surface area contributed by atoms with E-state index in [1.54, 1.807) is 12.3 Å². The third-order valence-electron chi connectivity index (χ3n) is 6.26. The average molecular weight is 459 g/mol. The molecule has 1 unspecified atom stereocenters. The summed E-state index contributed by atoms with van der Waals surface area (Å²) in [7, 11) is 0. The molecule has 176 valence electrons. The van der Waals surface area contributed by atoms with E-state index in [-0.39, 0.29) is 5.69 Å². The minimum absolute atomic E-state index is 0.0792. The second-order valence-electron chi connectivity index (χ2n) is 8.52. The number of benzene rings is 1. The number of piperazine rings is 1. The van der Waals surface area contributed by atoms with Crippen molar-refractivity contribution in [2.45, 2.75) is 33.0 Å². The fourth-order valence-corrected chi connectivity index (χ4v) is 4.26. The summed E-state index contributed by atoms with van der Waals surface area (Å²) in [4.78, 5) is 13.8. The molecular weight excluding hydrogens is 429 g/mol. The van der Waals surface area contributed by atoms with Gasteiger partial charge in [0.2, 0.25) is 0 Å². The molecule has 0 bridgehead atoms. The molecule has 33 heavy (non-hydrogen) atoms. The molecule has 0 radical (unpaired) electrons. The van der Waals surface area contributed by atoms with Crippen molar-refractivity contribution >= 4 is 28.0 Å². The lowest BCUT2D eigenvalue weighted by molar-refractivity contribution is -0.137. The highest BCUT2D eigenvalue weighted by Gasteiger charge is 2.31. The van der Waals surface area contributed by atoms with Gasteiger partial charge >= 0.3 is 6.18 Å². The van der Waals surface area contributed by atoms with Crippen LogP contribution in [-0.4, -0.2) is 47.6 Å². The Hall–Kier alpha value is -3.07. The van der Waals surface area contributed by atoms with Crippen LogP contribution < -0.4 is 16.0 Å². The molecule has 1 fully saturated rings. The molecule has 3 heterocycles. The van der Waals surface area contributed by atoms with Gasteiger partial charge in [-0.2, -0.15) is 13.2 Å². The molecule has 1 aliphatic rings. The topological polar surface area (TPSA) is 70.3 Å². The summed E-state index contributed by atoms with van der Waals surface area (Å²) in [6, 6.07) is 5.32. The van der Waals surface area contributed by atoms with Crippen molar-refractivity contribution in [3.63, 3.8) is 0 Å². The highest BCUT2D eigenvalue weighted by Crippen LogP contribution is 2.35. The van der Waals surface area contributed by atoms with Crippen LogP contribution in [-0.2, 0) is 6.18 Å². The maximum atomic E-state index is 13.3. The Labute approximate surface area is 191 Å². The molecule has 1 aliphatic heterocycles. The fraction of sp³-hybridized carbons (Fsp3) is 0.417. The van der Waals surface area contributed by atoms with Crippen LogP contribution in [0.4, 0.5) is 30.2 Å². The lowest BCUT2D eigenvalue weighted by Crippen LogP contribution is -2.46. The number of fused-ring (bicyclic) bond motifs is 1. The largest absolute Gasteiger partial charge is 0.416 e. The molecule has 3 aromatic rings. The number of nitrogens with one attached hydrogen (secondary N) is 1. The lowest BCUT2D eigenvalue weighted by atomic mass is 10.0. The van der Waals surface area contributed by atoms with E-state index in [4.69, 9.17) is 5.73 Å². The number of hydrogen-bond acceptors (Lipinski definition) is 6. The predicted octanol–water partition coefficient (Wildman–Crippen LogP) is 4.85. The van der Waals surface area contributed by atoms with E-state index < -0.39 is 17.8 Å². The Morgan fingerprint density at radius 1 is 1.06 bits per heavy atom. The molecular formula is C24H29F3N6. The molecule has 0 aliphatic carbocycles. The number of hydrogen-bond donors (Lipinski definition) is 2. The highest BCUT2D eigenvalue weighted by molar-refractivity contribution is 5.94. The van der Waals surface area contributed by atoms with Gasteiger partial charge in [0.1, 0.15) is 0 Å². The molecule has 3 N–H and O–H groups in total. The highest BCUT2D eigenvalue weighted by atomic mass is 19.4. The minimum Gasteiger partial charge on any atom is -0.399 e. The second kappa shape index (κ2) is 9.05. The van der Waals surface area contributed by atoms with Crippen LogP contribution in [0.3, 0.4) is 0 Å². The quantitative estimate of drug-likeness (QED) is 0.533. The van der Waals surface area contributed by atoms with Gasteiger partial charge in [0.05, 0.1) is 40.5 Å². The molecule has 1 atom stereocenters.